The fraction of sp³-hybridized carbons (Fsp3) is 0.875. The number of amides is 1. The molecule has 0 aromatic heterocycles. The van der Waals surface area contributed by atoms with Gasteiger partial charge in [-0.25, -0.2) is 0 Å². The van der Waals surface area contributed by atoms with Crippen LogP contribution in [0, 0.1) is 23.7 Å². The van der Waals surface area contributed by atoms with Crippen LogP contribution < -0.4 is 5.32 Å². The highest BCUT2D eigenvalue weighted by Gasteiger charge is 2.35. The van der Waals surface area contributed by atoms with Crippen molar-refractivity contribution in [3.8, 4) is 0 Å². The van der Waals surface area contributed by atoms with Gasteiger partial charge in [0.2, 0.25) is 5.91 Å². The van der Waals surface area contributed by atoms with Gasteiger partial charge in [-0.05, 0) is 37.5 Å². The van der Waals surface area contributed by atoms with Crippen LogP contribution in [0.15, 0.2) is 0 Å². The van der Waals surface area contributed by atoms with Crippen LogP contribution in [0.2, 0.25) is 0 Å². The van der Waals surface area contributed by atoms with Crippen molar-refractivity contribution in [3.63, 3.8) is 0 Å². The van der Waals surface area contributed by atoms with Crippen molar-refractivity contribution < 1.29 is 14.7 Å². The van der Waals surface area contributed by atoms with E-state index in [2.05, 4.69) is 5.32 Å². The molecule has 4 atom stereocenters. The quantitative estimate of drug-likeness (QED) is 0.814. The van der Waals surface area contributed by atoms with E-state index in [1.165, 1.54) is 32.1 Å². The van der Waals surface area contributed by atoms with E-state index in [4.69, 9.17) is 5.11 Å². The van der Waals surface area contributed by atoms with E-state index in [0.29, 0.717) is 6.42 Å². The minimum absolute atomic E-state index is 0.0775. The van der Waals surface area contributed by atoms with E-state index >= 15 is 0 Å². The maximum Gasteiger partial charge on any atom is 0.308 e. The number of rotatable bonds is 5. The Morgan fingerprint density at radius 3 is 2.50 bits per heavy atom. The molecule has 0 aromatic carbocycles. The average Bonchev–Trinajstić information content (AvgIpc) is 2.46. The molecule has 0 aromatic rings. The molecule has 0 radical (unpaired) electrons. The van der Waals surface area contributed by atoms with Crippen LogP contribution in [-0.2, 0) is 9.59 Å². The molecule has 114 valence electrons. The summed E-state index contributed by atoms with van der Waals surface area (Å²) in [4.78, 5) is 23.2. The van der Waals surface area contributed by atoms with Crippen molar-refractivity contribution in [2.24, 2.45) is 23.7 Å². The topological polar surface area (TPSA) is 66.4 Å². The van der Waals surface area contributed by atoms with Gasteiger partial charge in [-0.15, -0.1) is 0 Å². The average molecular weight is 281 g/mol. The molecule has 0 aliphatic heterocycles. The van der Waals surface area contributed by atoms with Crippen molar-refractivity contribution in [1.82, 2.24) is 5.32 Å². The summed E-state index contributed by atoms with van der Waals surface area (Å²) in [5, 5.41) is 11.9. The van der Waals surface area contributed by atoms with Crippen LogP contribution in [0.25, 0.3) is 0 Å². The summed E-state index contributed by atoms with van der Waals surface area (Å²) in [6, 6.07) is 0. The van der Waals surface area contributed by atoms with Gasteiger partial charge in [0.25, 0.3) is 0 Å². The number of carboxylic acid groups (broad SMARTS) is 1. The Labute approximate surface area is 121 Å². The number of hydrogen-bond acceptors (Lipinski definition) is 2. The molecule has 20 heavy (non-hydrogen) atoms. The fourth-order valence-corrected chi connectivity index (χ4v) is 3.89. The smallest absolute Gasteiger partial charge is 0.308 e. The molecule has 2 aliphatic carbocycles. The molecule has 1 amide bonds. The first-order valence-electron chi connectivity index (χ1n) is 8.12. The molecular weight excluding hydrogens is 254 g/mol. The van der Waals surface area contributed by atoms with Gasteiger partial charge in [-0.2, -0.15) is 0 Å². The standard InChI is InChI=1S/C16H27NO3/c1-2-11(16(19)20)10-17-15(18)14-8-7-12-5-3-4-6-13(12)9-14/h11-14H,2-10H2,1H3,(H,17,18)(H,19,20). The zero-order valence-corrected chi connectivity index (χ0v) is 12.4. The van der Waals surface area contributed by atoms with E-state index in [-0.39, 0.29) is 18.4 Å². The summed E-state index contributed by atoms with van der Waals surface area (Å²) in [7, 11) is 0. The van der Waals surface area contributed by atoms with E-state index in [0.717, 1.165) is 24.7 Å². The number of carboxylic acids is 1. The van der Waals surface area contributed by atoms with Crippen molar-refractivity contribution >= 4 is 11.9 Å². The molecule has 2 rings (SSSR count). The molecular formula is C16H27NO3. The highest BCUT2D eigenvalue weighted by molar-refractivity contribution is 5.79. The van der Waals surface area contributed by atoms with Crippen LogP contribution in [-0.4, -0.2) is 23.5 Å². The van der Waals surface area contributed by atoms with Crippen molar-refractivity contribution in [3.05, 3.63) is 0 Å². The van der Waals surface area contributed by atoms with E-state index in [1.807, 2.05) is 6.92 Å². The highest BCUT2D eigenvalue weighted by Crippen LogP contribution is 2.42. The van der Waals surface area contributed by atoms with Crippen LogP contribution >= 0.6 is 0 Å². The van der Waals surface area contributed by atoms with Gasteiger partial charge < -0.3 is 10.4 Å². The third-order valence-electron chi connectivity index (χ3n) is 5.28. The fourth-order valence-electron chi connectivity index (χ4n) is 3.89. The van der Waals surface area contributed by atoms with Crippen LogP contribution in [0.1, 0.15) is 58.3 Å². The first-order chi connectivity index (χ1) is 9.61. The van der Waals surface area contributed by atoms with Gasteiger partial charge in [0.1, 0.15) is 0 Å². The maximum atomic E-state index is 12.2. The van der Waals surface area contributed by atoms with Gasteiger partial charge in [-0.1, -0.05) is 32.6 Å². The minimum Gasteiger partial charge on any atom is -0.481 e. The third kappa shape index (κ3) is 3.74. The molecule has 4 unspecified atom stereocenters. The Bertz CT molecular complexity index is 356. The van der Waals surface area contributed by atoms with Crippen LogP contribution in [0.4, 0.5) is 0 Å². The predicted octanol–water partition coefficient (Wildman–Crippen LogP) is 2.82. The molecule has 4 heteroatoms. The number of nitrogens with one attached hydrogen (secondary N) is 1. The Morgan fingerprint density at radius 2 is 1.85 bits per heavy atom. The molecule has 2 fully saturated rings. The predicted molar refractivity (Wildman–Crippen MR) is 77.2 cm³/mol. The molecule has 2 saturated carbocycles. The third-order valence-corrected chi connectivity index (χ3v) is 5.28. The lowest BCUT2D eigenvalue weighted by atomic mass is 9.67. The monoisotopic (exact) mass is 281 g/mol. The zero-order chi connectivity index (χ0) is 14.5. The number of carbonyl (C=O) groups excluding carboxylic acids is 1. The van der Waals surface area contributed by atoms with Crippen LogP contribution in [0.5, 0.6) is 0 Å². The second-order valence-corrected chi connectivity index (χ2v) is 6.50. The largest absolute Gasteiger partial charge is 0.481 e. The number of carbonyl (C=O) groups is 2. The van der Waals surface area contributed by atoms with Gasteiger partial charge in [-0.3, -0.25) is 9.59 Å². The van der Waals surface area contributed by atoms with Gasteiger partial charge in [0.05, 0.1) is 5.92 Å². The van der Waals surface area contributed by atoms with Gasteiger partial charge >= 0.3 is 5.97 Å². The van der Waals surface area contributed by atoms with E-state index in [9.17, 15) is 9.59 Å². The lowest BCUT2D eigenvalue weighted by molar-refractivity contribution is -0.141. The van der Waals surface area contributed by atoms with Crippen molar-refractivity contribution in [2.45, 2.75) is 58.3 Å². The maximum absolute atomic E-state index is 12.2. The first kappa shape index (κ1) is 15.3. The van der Waals surface area contributed by atoms with E-state index < -0.39 is 11.9 Å². The molecule has 0 bridgehead atoms. The lowest BCUT2D eigenvalue weighted by Gasteiger charge is -2.38. The molecule has 2 N–H and O–H groups in total. The molecule has 4 nitrogen and oxygen atoms in total. The number of fused-ring (bicyclic) bond motifs is 1. The summed E-state index contributed by atoms with van der Waals surface area (Å²) < 4.78 is 0. The normalized spacial score (nSPS) is 31.1. The molecule has 2 aliphatic rings. The van der Waals surface area contributed by atoms with Crippen LogP contribution in [0.3, 0.4) is 0 Å². The molecule has 0 saturated heterocycles. The number of aliphatic carboxylic acids is 1. The highest BCUT2D eigenvalue weighted by atomic mass is 16.4. The zero-order valence-electron chi connectivity index (χ0n) is 12.4. The lowest BCUT2D eigenvalue weighted by Crippen LogP contribution is -2.40. The van der Waals surface area contributed by atoms with E-state index in [1.54, 1.807) is 0 Å². The second-order valence-electron chi connectivity index (χ2n) is 6.50. The Balaban J connectivity index is 1.79. The number of hydrogen-bond donors (Lipinski definition) is 2. The minimum atomic E-state index is -0.816. The SMILES string of the molecule is CCC(CNC(=O)C1CCC2CCCCC2C1)C(=O)O. The first-order valence-corrected chi connectivity index (χ1v) is 8.12. The summed E-state index contributed by atoms with van der Waals surface area (Å²) >= 11 is 0. The van der Waals surface area contributed by atoms with Gasteiger partial charge in [0, 0.05) is 12.5 Å². The summed E-state index contributed by atoms with van der Waals surface area (Å²) in [5.41, 5.74) is 0. The Kier molecular flexibility index (Phi) is 5.44. The Morgan fingerprint density at radius 1 is 1.15 bits per heavy atom. The molecule has 0 heterocycles. The summed E-state index contributed by atoms with van der Waals surface area (Å²) in [6.45, 7) is 2.12. The van der Waals surface area contributed by atoms with Gasteiger partial charge in [0.15, 0.2) is 0 Å². The Hall–Kier alpha value is -1.06. The molecule has 0 spiro atoms. The van der Waals surface area contributed by atoms with Crippen molar-refractivity contribution in [2.75, 3.05) is 6.54 Å². The second kappa shape index (κ2) is 7.09. The van der Waals surface area contributed by atoms with Crippen molar-refractivity contribution in [1.29, 1.82) is 0 Å². The summed E-state index contributed by atoms with van der Waals surface area (Å²) in [5.74, 6) is 0.494. The summed E-state index contributed by atoms with van der Waals surface area (Å²) in [6.07, 6.45) is 9.03.